The minimum absolute atomic E-state index is 0.0500. The average molecular weight is 512 g/mol. The maximum Gasteiger partial charge on any atom is 0.418 e. The third kappa shape index (κ3) is 4.70. The van der Waals surface area contributed by atoms with Crippen molar-refractivity contribution in [1.29, 1.82) is 0 Å². The van der Waals surface area contributed by atoms with Gasteiger partial charge in [0.1, 0.15) is 0 Å². The summed E-state index contributed by atoms with van der Waals surface area (Å²) in [6.45, 7) is 1.26. The van der Waals surface area contributed by atoms with Crippen LogP contribution in [0.25, 0.3) is 11.1 Å². The Hall–Kier alpha value is -3.37. The topological polar surface area (TPSA) is 66.5 Å². The number of imide groups is 1. The molecule has 5 nitrogen and oxygen atoms in total. The van der Waals surface area contributed by atoms with Gasteiger partial charge in [-0.15, -0.1) is 0 Å². The number of rotatable bonds is 3. The first-order valence-electron chi connectivity index (χ1n) is 11.2. The summed E-state index contributed by atoms with van der Waals surface area (Å²) >= 11 is 0. The zero-order chi connectivity index (χ0) is 26.6. The first-order chi connectivity index (χ1) is 16.7. The molecule has 11 heteroatoms. The normalized spacial score (nSPS) is 22.6. The van der Waals surface area contributed by atoms with Crippen molar-refractivity contribution < 1.29 is 40.7 Å². The predicted molar refractivity (Wildman–Crippen MR) is 117 cm³/mol. The SMILES string of the molecule is Cc1ccc(-c2ccc(NC(=O)C3CCC4C(=O)N(C)C(=O)C4C3)c(C(F)(F)F)c2)cc1C(F)(F)F. The first kappa shape index (κ1) is 25.7. The fourth-order valence-electron chi connectivity index (χ4n) is 4.99. The monoisotopic (exact) mass is 512 g/mol. The minimum atomic E-state index is -4.90. The first-order valence-corrected chi connectivity index (χ1v) is 11.2. The van der Waals surface area contributed by atoms with Gasteiger partial charge in [0.2, 0.25) is 17.7 Å². The van der Waals surface area contributed by atoms with E-state index in [0.717, 1.165) is 17.0 Å². The van der Waals surface area contributed by atoms with Crippen LogP contribution in [0, 0.1) is 24.7 Å². The van der Waals surface area contributed by atoms with Gasteiger partial charge < -0.3 is 5.32 Å². The van der Waals surface area contributed by atoms with Gasteiger partial charge in [-0.05, 0) is 61.1 Å². The van der Waals surface area contributed by atoms with E-state index in [2.05, 4.69) is 5.32 Å². The number of alkyl halides is 6. The number of hydrogen-bond acceptors (Lipinski definition) is 3. The molecule has 1 N–H and O–H groups in total. The summed E-state index contributed by atoms with van der Waals surface area (Å²) in [5.41, 5.74) is -2.90. The molecule has 36 heavy (non-hydrogen) atoms. The molecular weight excluding hydrogens is 490 g/mol. The van der Waals surface area contributed by atoms with Gasteiger partial charge in [0.15, 0.2) is 0 Å². The molecule has 0 spiro atoms. The highest BCUT2D eigenvalue weighted by Crippen LogP contribution is 2.42. The van der Waals surface area contributed by atoms with Gasteiger partial charge in [0, 0.05) is 13.0 Å². The lowest BCUT2D eigenvalue weighted by Crippen LogP contribution is -2.34. The lowest BCUT2D eigenvalue weighted by molar-refractivity contribution is -0.139. The Labute approximate surface area is 202 Å². The number of amides is 3. The largest absolute Gasteiger partial charge is 0.418 e. The zero-order valence-electron chi connectivity index (χ0n) is 19.3. The number of fused-ring (bicyclic) bond motifs is 1. The van der Waals surface area contributed by atoms with E-state index >= 15 is 0 Å². The van der Waals surface area contributed by atoms with Gasteiger partial charge in [0.05, 0.1) is 28.7 Å². The molecule has 0 bridgehead atoms. The van der Waals surface area contributed by atoms with E-state index in [0.29, 0.717) is 6.07 Å². The molecule has 192 valence electrons. The summed E-state index contributed by atoms with van der Waals surface area (Å²) in [5, 5.41) is 2.28. The van der Waals surface area contributed by atoms with Gasteiger partial charge >= 0.3 is 12.4 Å². The third-order valence-electron chi connectivity index (χ3n) is 6.98. The number of halogens is 6. The van der Waals surface area contributed by atoms with Crippen LogP contribution in [0.3, 0.4) is 0 Å². The number of carbonyl (C=O) groups is 3. The van der Waals surface area contributed by atoms with Crippen LogP contribution in [0.4, 0.5) is 32.0 Å². The van der Waals surface area contributed by atoms with E-state index < -0.39 is 58.7 Å². The zero-order valence-corrected chi connectivity index (χ0v) is 19.3. The lowest BCUT2D eigenvalue weighted by Gasteiger charge is -2.28. The van der Waals surface area contributed by atoms with Crippen LogP contribution in [-0.2, 0) is 26.7 Å². The summed E-state index contributed by atoms with van der Waals surface area (Å²) in [7, 11) is 1.36. The Morgan fingerprint density at radius 1 is 0.861 bits per heavy atom. The van der Waals surface area contributed by atoms with Gasteiger partial charge in [-0.3, -0.25) is 19.3 Å². The van der Waals surface area contributed by atoms with Crippen molar-refractivity contribution in [2.45, 2.75) is 38.5 Å². The Bertz CT molecular complexity index is 1240. The molecule has 2 aliphatic rings. The number of benzene rings is 2. The Balaban J connectivity index is 1.60. The van der Waals surface area contributed by atoms with Crippen LogP contribution in [0.1, 0.15) is 36.0 Å². The number of anilines is 1. The number of hydrogen-bond donors (Lipinski definition) is 1. The van der Waals surface area contributed by atoms with Gasteiger partial charge in [-0.2, -0.15) is 26.3 Å². The second kappa shape index (κ2) is 8.94. The summed E-state index contributed by atoms with van der Waals surface area (Å²) in [4.78, 5) is 38.3. The Morgan fingerprint density at radius 3 is 2.03 bits per heavy atom. The van der Waals surface area contributed by atoms with E-state index in [1.807, 2.05) is 0 Å². The maximum absolute atomic E-state index is 13.9. The molecule has 2 fully saturated rings. The second-order valence-electron chi connectivity index (χ2n) is 9.23. The highest BCUT2D eigenvalue weighted by Gasteiger charge is 2.49. The molecule has 1 saturated carbocycles. The van der Waals surface area contributed by atoms with Crippen molar-refractivity contribution in [3.05, 3.63) is 53.1 Å². The molecule has 1 saturated heterocycles. The maximum atomic E-state index is 13.9. The van der Waals surface area contributed by atoms with Gasteiger partial charge in [0.25, 0.3) is 0 Å². The molecule has 0 radical (unpaired) electrons. The summed E-state index contributed by atoms with van der Waals surface area (Å²) in [5.74, 6) is -3.39. The number of nitrogens with one attached hydrogen (secondary N) is 1. The summed E-state index contributed by atoms with van der Waals surface area (Å²) in [6.07, 6.45) is -9.00. The highest BCUT2D eigenvalue weighted by atomic mass is 19.4. The van der Waals surface area contributed by atoms with Crippen molar-refractivity contribution in [2.24, 2.45) is 17.8 Å². The third-order valence-corrected chi connectivity index (χ3v) is 6.98. The Kier molecular flexibility index (Phi) is 6.38. The van der Waals surface area contributed by atoms with Crippen LogP contribution in [0.15, 0.2) is 36.4 Å². The van der Waals surface area contributed by atoms with Crippen LogP contribution < -0.4 is 5.32 Å². The summed E-state index contributed by atoms with van der Waals surface area (Å²) in [6, 6.07) is 6.19. The van der Waals surface area contributed by atoms with E-state index in [1.165, 1.54) is 32.2 Å². The second-order valence-corrected chi connectivity index (χ2v) is 9.23. The van der Waals surface area contributed by atoms with E-state index in [9.17, 15) is 40.7 Å². The molecule has 0 aromatic heterocycles. The van der Waals surface area contributed by atoms with Crippen LogP contribution in [0.5, 0.6) is 0 Å². The minimum Gasteiger partial charge on any atom is -0.325 e. The smallest absolute Gasteiger partial charge is 0.325 e. The quantitative estimate of drug-likeness (QED) is 0.426. The molecule has 4 rings (SSSR count). The number of aryl methyl sites for hydroxylation is 1. The molecule has 3 atom stereocenters. The molecule has 3 unspecified atom stereocenters. The van der Waals surface area contributed by atoms with Crippen molar-refractivity contribution in [3.63, 3.8) is 0 Å². The predicted octanol–water partition coefficient (Wildman–Crippen LogP) is 5.67. The molecule has 1 heterocycles. The lowest BCUT2D eigenvalue weighted by atomic mass is 9.75. The van der Waals surface area contributed by atoms with E-state index in [4.69, 9.17) is 0 Å². The van der Waals surface area contributed by atoms with Crippen LogP contribution >= 0.6 is 0 Å². The van der Waals surface area contributed by atoms with Gasteiger partial charge in [-0.25, -0.2) is 0 Å². The molecular formula is C25H22F6N2O3. The number of likely N-dealkylation sites (tertiary alicyclic amines) is 1. The molecule has 2 aromatic carbocycles. The van der Waals surface area contributed by atoms with Crippen molar-refractivity contribution in [3.8, 4) is 11.1 Å². The average Bonchev–Trinajstić information content (AvgIpc) is 3.01. The van der Waals surface area contributed by atoms with E-state index in [1.54, 1.807) is 0 Å². The molecule has 2 aromatic rings. The number of nitrogens with zero attached hydrogens (tertiary/aromatic N) is 1. The van der Waals surface area contributed by atoms with Crippen molar-refractivity contribution in [1.82, 2.24) is 4.90 Å². The van der Waals surface area contributed by atoms with E-state index in [-0.39, 0.29) is 41.9 Å². The van der Waals surface area contributed by atoms with Crippen LogP contribution in [-0.4, -0.2) is 29.7 Å². The standard InChI is InChI=1S/C25H22F6N2O3/c1-12-3-4-13(10-18(12)24(26,27)28)14-6-8-20(19(11-14)25(29,30)31)32-21(34)15-5-7-16-17(9-15)23(36)33(2)22(16)35/h3-4,6,8,10-11,15-17H,5,7,9H2,1-2H3,(H,32,34). The summed E-state index contributed by atoms with van der Waals surface area (Å²) < 4.78 is 81.4. The highest BCUT2D eigenvalue weighted by molar-refractivity contribution is 6.05. The fraction of sp³-hybridized carbons (Fsp3) is 0.400. The number of carbonyl (C=O) groups excluding carboxylic acids is 3. The van der Waals surface area contributed by atoms with Crippen molar-refractivity contribution >= 4 is 23.4 Å². The Morgan fingerprint density at radius 2 is 1.42 bits per heavy atom. The van der Waals surface area contributed by atoms with Crippen LogP contribution in [0.2, 0.25) is 0 Å². The molecule has 1 aliphatic heterocycles. The molecule has 3 amide bonds. The van der Waals surface area contributed by atoms with Gasteiger partial charge in [-0.1, -0.05) is 18.2 Å². The fourth-order valence-corrected chi connectivity index (χ4v) is 4.99. The molecule has 1 aliphatic carbocycles. The van der Waals surface area contributed by atoms with Crippen molar-refractivity contribution in [2.75, 3.05) is 12.4 Å².